The van der Waals surface area contributed by atoms with Crippen LogP contribution in [0.1, 0.15) is 48.5 Å². The molecule has 148 valence electrons. The van der Waals surface area contributed by atoms with Crippen molar-refractivity contribution in [3.8, 4) is 0 Å². The van der Waals surface area contributed by atoms with E-state index in [1.165, 1.54) is 12.0 Å². The number of ether oxygens (including phenoxy) is 2. The highest BCUT2D eigenvalue weighted by atomic mass is 16.6. The molecule has 26 heavy (non-hydrogen) atoms. The first-order chi connectivity index (χ1) is 11.7. The molecule has 2 amide bonds. The van der Waals surface area contributed by atoms with E-state index in [4.69, 9.17) is 9.47 Å². The van der Waals surface area contributed by atoms with Crippen LogP contribution in [0.4, 0.5) is 4.79 Å². The van der Waals surface area contributed by atoms with Gasteiger partial charge in [-0.1, -0.05) is 39.8 Å². The lowest BCUT2D eigenvalue weighted by Crippen LogP contribution is -2.57. The summed E-state index contributed by atoms with van der Waals surface area (Å²) < 4.78 is 10.1. The maximum absolute atomic E-state index is 13.2. The molecule has 0 aromatic heterocycles. The number of nitrogens with zero attached hydrogens (tertiary/aromatic N) is 1. The van der Waals surface area contributed by atoms with E-state index in [-0.39, 0.29) is 18.4 Å². The Morgan fingerprint density at radius 3 is 2.15 bits per heavy atom. The quantitative estimate of drug-likeness (QED) is 0.611. The van der Waals surface area contributed by atoms with Crippen LogP contribution >= 0.6 is 0 Å². The van der Waals surface area contributed by atoms with Gasteiger partial charge >= 0.3 is 12.1 Å². The molecule has 1 fully saturated rings. The van der Waals surface area contributed by atoms with Gasteiger partial charge in [0.15, 0.2) is 0 Å². The molecule has 7 heteroatoms. The van der Waals surface area contributed by atoms with E-state index in [0.717, 1.165) is 5.57 Å². The van der Waals surface area contributed by atoms with Crippen LogP contribution in [0.5, 0.6) is 0 Å². The summed E-state index contributed by atoms with van der Waals surface area (Å²) in [5.74, 6) is -1.06. The van der Waals surface area contributed by atoms with Crippen molar-refractivity contribution in [1.82, 2.24) is 10.2 Å². The molecule has 1 N–H and O–H groups in total. The Bertz CT molecular complexity index is 586. The Morgan fingerprint density at radius 2 is 1.73 bits per heavy atom. The van der Waals surface area contributed by atoms with Crippen LogP contribution < -0.4 is 5.32 Å². The van der Waals surface area contributed by atoms with Gasteiger partial charge in [0.2, 0.25) is 5.91 Å². The topological polar surface area (TPSA) is 84.9 Å². The van der Waals surface area contributed by atoms with E-state index in [1.807, 2.05) is 27.7 Å². The molecule has 0 bridgehead atoms. The van der Waals surface area contributed by atoms with Gasteiger partial charge in [-0.05, 0) is 26.2 Å². The van der Waals surface area contributed by atoms with Gasteiger partial charge in [-0.3, -0.25) is 4.79 Å². The molecular formula is C19H32N2O5. The summed E-state index contributed by atoms with van der Waals surface area (Å²) in [6.45, 7) is 16.8. The molecule has 1 aliphatic heterocycles. The Morgan fingerprint density at radius 1 is 1.19 bits per heavy atom. The highest BCUT2D eigenvalue weighted by molar-refractivity contribution is 5.91. The number of nitrogens with one attached hydrogen (secondary N) is 1. The van der Waals surface area contributed by atoms with Crippen LogP contribution in [-0.4, -0.2) is 54.2 Å². The van der Waals surface area contributed by atoms with Gasteiger partial charge in [0.25, 0.3) is 0 Å². The van der Waals surface area contributed by atoms with Gasteiger partial charge in [0.05, 0.1) is 7.11 Å². The van der Waals surface area contributed by atoms with Gasteiger partial charge in [-0.2, -0.15) is 0 Å². The summed E-state index contributed by atoms with van der Waals surface area (Å²) in [6, 6.07) is -1.60. The molecule has 0 spiro atoms. The lowest BCUT2D eigenvalue weighted by Gasteiger charge is -2.35. The summed E-state index contributed by atoms with van der Waals surface area (Å²) >= 11 is 0. The Labute approximate surface area is 156 Å². The summed E-state index contributed by atoms with van der Waals surface area (Å²) in [5, 5.41) is 2.66. The van der Waals surface area contributed by atoms with Crippen LogP contribution in [0.25, 0.3) is 0 Å². The third-order valence-electron chi connectivity index (χ3n) is 4.33. The van der Waals surface area contributed by atoms with Gasteiger partial charge in [-0.15, -0.1) is 0 Å². The lowest BCUT2D eigenvalue weighted by atomic mass is 9.85. The molecule has 0 aromatic carbocycles. The zero-order valence-electron chi connectivity index (χ0n) is 17.1. The molecule has 0 saturated carbocycles. The minimum Gasteiger partial charge on any atom is -0.467 e. The molecule has 1 rings (SSSR count). The van der Waals surface area contributed by atoms with Crippen molar-refractivity contribution in [2.75, 3.05) is 13.7 Å². The second-order valence-corrected chi connectivity index (χ2v) is 8.83. The van der Waals surface area contributed by atoms with Gasteiger partial charge in [0.1, 0.15) is 17.7 Å². The Hall–Kier alpha value is -2.05. The zero-order valence-corrected chi connectivity index (χ0v) is 17.1. The van der Waals surface area contributed by atoms with Crippen LogP contribution in [-0.2, 0) is 19.1 Å². The van der Waals surface area contributed by atoms with Crippen LogP contribution in [0.2, 0.25) is 0 Å². The van der Waals surface area contributed by atoms with Gasteiger partial charge < -0.3 is 19.7 Å². The summed E-state index contributed by atoms with van der Waals surface area (Å²) in [7, 11) is 1.29. The number of methoxy groups -OCH3 is 1. The van der Waals surface area contributed by atoms with E-state index < -0.39 is 35.2 Å². The van der Waals surface area contributed by atoms with Crippen molar-refractivity contribution in [1.29, 1.82) is 0 Å². The van der Waals surface area contributed by atoms with Crippen LogP contribution in [0.3, 0.4) is 0 Å². The molecule has 0 radical (unpaired) electrons. The van der Waals surface area contributed by atoms with Crippen LogP contribution in [0.15, 0.2) is 12.2 Å². The van der Waals surface area contributed by atoms with Crippen LogP contribution in [0, 0.1) is 11.3 Å². The highest BCUT2D eigenvalue weighted by Crippen LogP contribution is 2.32. The number of hydrogen-bond donors (Lipinski definition) is 1. The van der Waals surface area contributed by atoms with Crippen molar-refractivity contribution in [2.24, 2.45) is 11.3 Å². The molecular weight excluding hydrogens is 336 g/mol. The number of carbonyl (C=O) groups excluding carboxylic acids is 3. The van der Waals surface area contributed by atoms with E-state index in [1.54, 1.807) is 20.8 Å². The fourth-order valence-corrected chi connectivity index (χ4v) is 2.86. The first-order valence-corrected chi connectivity index (χ1v) is 8.74. The molecule has 3 atom stereocenters. The Kier molecular flexibility index (Phi) is 6.49. The van der Waals surface area contributed by atoms with Crippen molar-refractivity contribution in [3.63, 3.8) is 0 Å². The smallest absolute Gasteiger partial charge is 0.408 e. The first kappa shape index (κ1) is 22.0. The van der Waals surface area contributed by atoms with Gasteiger partial charge in [-0.25, -0.2) is 9.59 Å². The number of hydrogen-bond acceptors (Lipinski definition) is 5. The lowest BCUT2D eigenvalue weighted by molar-refractivity contribution is -0.153. The summed E-state index contributed by atoms with van der Waals surface area (Å²) in [6.07, 6.45) is -0.675. The number of amides is 2. The maximum atomic E-state index is 13.2. The second-order valence-electron chi connectivity index (χ2n) is 8.83. The minimum atomic E-state index is -0.859. The number of alkyl carbamates (subject to hydrolysis) is 1. The number of carbonyl (C=O) groups is 3. The van der Waals surface area contributed by atoms with E-state index in [2.05, 4.69) is 11.9 Å². The third kappa shape index (κ3) is 5.22. The number of rotatable bonds is 3. The number of esters is 1. The average molecular weight is 368 g/mol. The second kappa shape index (κ2) is 7.68. The normalized spacial score (nSPS) is 22.0. The number of likely N-dealkylation sites (tertiary alicyclic amines) is 1. The van der Waals surface area contributed by atoms with E-state index in [0.29, 0.717) is 0 Å². The predicted molar refractivity (Wildman–Crippen MR) is 98.4 cm³/mol. The largest absolute Gasteiger partial charge is 0.467 e. The molecule has 2 unspecified atom stereocenters. The molecule has 1 saturated heterocycles. The van der Waals surface area contributed by atoms with Gasteiger partial charge in [0, 0.05) is 12.5 Å². The SMILES string of the molecule is C=C1CN(C(=O)C(NC(=O)OC(C)(C)C)C(C)(C)C)C(C(=O)OC)[C@H]1C. The average Bonchev–Trinajstić information content (AvgIpc) is 2.76. The Balaban J connectivity index is 3.11. The van der Waals surface area contributed by atoms with Crippen molar-refractivity contribution < 1.29 is 23.9 Å². The summed E-state index contributed by atoms with van der Waals surface area (Å²) in [5.41, 5.74) is -0.485. The molecule has 1 aliphatic rings. The first-order valence-electron chi connectivity index (χ1n) is 8.74. The van der Waals surface area contributed by atoms with E-state index in [9.17, 15) is 14.4 Å². The molecule has 1 heterocycles. The molecule has 0 aromatic rings. The van der Waals surface area contributed by atoms with Crippen molar-refractivity contribution >= 4 is 18.0 Å². The zero-order chi connectivity index (χ0) is 20.4. The monoisotopic (exact) mass is 368 g/mol. The molecule has 7 nitrogen and oxygen atoms in total. The minimum absolute atomic E-state index is 0.214. The molecule has 0 aliphatic carbocycles. The maximum Gasteiger partial charge on any atom is 0.408 e. The van der Waals surface area contributed by atoms with Crippen molar-refractivity contribution in [3.05, 3.63) is 12.2 Å². The fraction of sp³-hybridized carbons (Fsp3) is 0.737. The van der Waals surface area contributed by atoms with E-state index >= 15 is 0 Å². The highest BCUT2D eigenvalue weighted by Gasteiger charge is 2.47. The third-order valence-corrected chi connectivity index (χ3v) is 4.33. The predicted octanol–water partition coefficient (Wildman–Crippen LogP) is 2.50. The van der Waals surface area contributed by atoms with Crippen molar-refractivity contribution in [2.45, 2.75) is 66.2 Å². The standard InChI is InChI=1S/C19H32N2O5/c1-11-10-21(13(12(11)2)16(23)25-9)15(22)14(18(3,4)5)20-17(24)26-19(6,7)8/h12-14H,1,10H2,2-9H3,(H,20,24)/t12-,13?,14?/m0/s1. The summed E-state index contributed by atoms with van der Waals surface area (Å²) in [4.78, 5) is 39.1. The fourth-order valence-electron chi connectivity index (χ4n) is 2.86.